The summed E-state index contributed by atoms with van der Waals surface area (Å²) in [6.07, 6.45) is 3.54. The Kier molecular flexibility index (Phi) is 8.60. The summed E-state index contributed by atoms with van der Waals surface area (Å²) in [5, 5.41) is 8.93. The van der Waals surface area contributed by atoms with Crippen molar-refractivity contribution in [1.29, 1.82) is 5.26 Å². The fraction of sp³-hybridized carbons (Fsp3) is 0.692. The van der Waals surface area contributed by atoms with Crippen LogP contribution in [0.1, 0.15) is 59.4 Å². The van der Waals surface area contributed by atoms with Crippen LogP contribution in [0.2, 0.25) is 0 Å². The fourth-order valence-corrected chi connectivity index (χ4v) is 4.44. The molecule has 2 aliphatic rings. The summed E-state index contributed by atoms with van der Waals surface area (Å²) in [4.78, 5) is 35.6. The number of anilines is 1. The summed E-state index contributed by atoms with van der Waals surface area (Å²) in [5.41, 5.74) is -0.284. The van der Waals surface area contributed by atoms with Crippen molar-refractivity contribution in [2.24, 2.45) is 5.41 Å². The minimum atomic E-state index is -0.516. The van der Waals surface area contributed by atoms with E-state index in [1.807, 2.05) is 45.6 Å². The van der Waals surface area contributed by atoms with Gasteiger partial charge in [0.25, 0.3) is 0 Å². The second-order valence-electron chi connectivity index (χ2n) is 11.2. The molecule has 0 N–H and O–H groups in total. The smallest absolute Gasteiger partial charge is 0.410 e. The third-order valence-electron chi connectivity index (χ3n) is 6.27. The molecule has 3 heterocycles. The molecule has 2 amide bonds. The first-order valence-electron chi connectivity index (χ1n) is 12.4. The molecule has 0 aromatic carbocycles. The van der Waals surface area contributed by atoms with E-state index < -0.39 is 5.60 Å². The number of rotatable bonds is 7. The highest BCUT2D eigenvalue weighted by molar-refractivity contribution is 5.77. The van der Waals surface area contributed by atoms with Gasteiger partial charge in [-0.3, -0.25) is 4.79 Å². The van der Waals surface area contributed by atoms with Gasteiger partial charge in [0.15, 0.2) is 0 Å². The molecule has 0 spiro atoms. The summed E-state index contributed by atoms with van der Waals surface area (Å²) in [6, 6.07) is 5.71. The van der Waals surface area contributed by atoms with Crippen LogP contribution in [-0.4, -0.2) is 84.4 Å². The van der Waals surface area contributed by atoms with E-state index in [1.54, 1.807) is 17.2 Å². The molecule has 2 saturated heterocycles. The Bertz CT molecular complexity index is 911. The van der Waals surface area contributed by atoms with Crippen molar-refractivity contribution < 1.29 is 19.1 Å². The predicted molar refractivity (Wildman–Crippen MR) is 133 cm³/mol. The van der Waals surface area contributed by atoms with Gasteiger partial charge in [0.1, 0.15) is 17.5 Å². The molecule has 0 aliphatic carbocycles. The zero-order valence-electron chi connectivity index (χ0n) is 21.7. The van der Waals surface area contributed by atoms with Gasteiger partial charge < -0.3 is 24.2 Å². The third kappa shape index (κ3) is 7.82. The van der Waals surface area contributed by atoms with Gasteiger partial charge in [-0.05, 0) is 51.2 Å². The molecule has 0 bridgehead atoms. The van der Waals surface area contributed by atoms with E-state index in [9.17, 15) is 9.59 Å². The third-order valence-corrected chi connectivity index (χ3v) is 6.27. The van der Waals surface area contributed by atoms with Crippen molar-refractivity contribution in [1.82, 2.24) is 14.8 Å². The summed E-state index contributed by atoms with van der Waals surface area (Å²) >= 11 is 0. The van der Waals surface area contributed by atoms with Gasteiger partial charge in [0.05, 0.1) is 24.8 Å². The Hall–Kier alpha value is -2.86. The maximum Gasteiger partial charge on any atom is 0.410 e. The molecule has 9 heteroatoms. The SMILES string of the molecule is CC(C)(COC[C@@H]1CCCN1C(=O)OC(C)(C)C)CC(=O)N1CCN(c2ccc(C#N)cn2)CC1. The molecule has 2 fully saturated rings. The summed E-state index contributed by atoms with van der Waals surface area (Å²) in [5.74, 6) is 0.958. The molecule has 192 valence electrons. The monoisotopic (exact) mass is 485 g/mol. The van der Waals surface area contributed by atoms with Crippen LogP contribution in [-0.2, 0) is 14.3 Å². The van der Waals surface area contributed by atoms with Crippen molar-refractivity contribution in [3.63, 3.8) is 0 Å². The Morgan fingerprint density at radius 3 is 2.43 bits per heavy atom. The molecule has 0 radical (unpaired) electrons. The number of nitriles is 1. The number of pyridine rings is 1. The molecule has 1 aromatic heterocycles. The van der Waals surface area contributed by atoms with Crippen LogP contribution in [0, 0.1) is 16.7 Å². The van der Waals surface area contributed by atoms with E-state index in [0.29, 0.717) is 57.9 Å². The second-order valence-corrected chi connectivity index (χ2v) is 11.2. The quantitative estimate of drug-likeness (QED) is 0.583. The van der Waals surface area contributed by atoms with Gasteiger partial charge in [-0.15, -0.1) is 0 Å². The van der Waals surface area contributed by atoms with Crippen LogP contribution >= 0.6 is 0 Å². The van der Waals surface area contributed by atoms with E-state index in [0.717, 1.165) is 18.7 Å². The standard InChI is InChI=1S/C26H39N5O4/c1-25(2,3)35-24(33)31-10-6-7-21(31)18-34-19-26(4,5)15-23(32)30-13-11-29(12-14-30)22-9-8-20(16-27)17-28-22/h8-9,17,21H,6-7,10-15,18-19H2,1-5H3/t21-/m0/s1. The average molecular weight is 486 g/mol. The number of hydrogen-bond donors (Lipinski definition) is 0. The highest BCUT2D eigenvalue weighted by Gasteiger charge is 2.33. The number of aromatic nitrogens is 1. The van der Waals surface area contributed by atoms with Crippen molar-refractivity contribution in [3.05, 3.63) is 23.9 Å². The van der Waals surface area contributed by atoms with E-state index >= 15 is 0 Å². The van der Waals surface area contributed by atoms with Crippen LogP contribution < -0.4 is 4.90 Å². The number of likely N-dealkylation sites (tertiary alicyclic amines) is 1. The fourth-order valence-electron chi connectivity index (χ4n) is 4.44. The summed E-state index contributed by atoms with van der Waals surface area (Å²) in [7, 11) is 0. The van der Waals surface area contributed by atoms with Crippen LogP contribution in [0.25, 0.3) is 0 Å². The van der Waals surface area contributed by atoms with Gasteiger partial charge >= 0.3 is 6.09 Å². The molecular formula is C26H39N5O4. The first-order chi connectivity index (χ1) is 16.5. The molecule has 1 atom stereocenters. The minimum absolute atomic E-state index is 0.0141. The summed E-state index contributed by atoms with van der Waals surface area (Å²) < 4.78 is 11.5. The highest BCUT2D eigenvalue weighted by atomic mass is 16.6. The number of carbonyl (C=O) groups is 2. The normalized spacial score (nSPS) is 19.0. The van der Waals surface area contributed by atoms with Crippen LogP contribution in [0.5, 0.6) is 0 Å². The van der Waals surface area contributed by atoms with Gasteiger partial charge in [-0.25, -0.2) is 9.78 Å². The zero-order valence-corrected chi connectivity index (χ0v) is 21.7. The highest BCUT2D eigenvalue weighted by Crippen LogP contribution is 2.25. The Morgan fingerprint density at radius 1 is 1.11 bits per heavy atom. The number of hydrogen-bond acceptors (Lipinski definition) is 7. The van der Waals surface area contributed by atoms with E-state index in [2.05, 4.69) is 16.0 Å². The maximum absolute atomic E-state index is 13.0. The first-order valence-corrected chi connectivity index (χ1v) is 12.4. The van der Waals surface area contributed by atoms with Gasteiger partial charge in [-0.1, -0.05) is 13.8 Å². The lowest BCUT2D eigenvalue weighted by atomic mass is 9.89. The van der Waals surface area contributed by atoms with Gasteiger partial charge in [-0.2, -0.15) is 5.26 Å². The molecule has 3 rings (SSSR count). The zero-order chi connectivity index (χ0) is 25.6. The molecule has 35 heavy (non-hydrogen) atoms. The topological polar surface area (TPSA) is 99.0 Å². The Balaban J connectivity index is 1.41. The summed E-state index contributed by atoms with van der Waals surface area (Å²) in [6.45, 7) is 14.0. The second kappa shape index (κ2) is 11.3. The van der Waals surface area contributed by atoms with Crippen LogP contribution in [0.15, 0.2) is 18.3 Å². The van der Waals surface area contributed by atoms with Crippen molar-refractivity contribution in [2.45, 2.75) is 65.5 Å². The van der Waals surface area contributed by atoms with Crippen LogP contribution in [0.4, 0.5) is 10.6 Å². The van der Waals surface area contributed by atoms with Crippen molar-refractivity contribution in [3.8, 4) is 6.07 Å². The van der Waals surface area contributed by atoms with Gasteiger partial charge in [0.2, 0.25) is 5.91 Å². The number of carbonyl (C=O) groups excluding carboxylic acids is 2. The molecule has 0 unspecified atom stereocenters. The lowest BCUT2D eigenvalue weighted by Crippen LogP contribution is -2.50. The number of ether oxygens (including phenoxy) is 2. The Morgan fingerprint density at radius 2 is 1.83 bits per heavy atom. The average Bonchev–Trinajstić information content (AvgIpc) is 3.26. The van der Waals surface area contributed by atoms with E-state index in [4.69, 9.17) is 14.7 Å². The lowest BCUT2D eigenvalue weighted by molar-refractivity contribution is -0.134. The number of nitrogens with zero attached hydrogens (tertiary/aromatic N) is 5. The molecular weight excluding hydrogens is 446 g/mol. The molecule has 0 saturated carbocycles. The van der Waals surface area contributed by atoms with Crippen LogP contribution in [0.3, 0.4) is 0 Å². The predicted octanol–water partition coefficient (Wildman–Crippen LogP) is 3.43. The molecule has 2 aliphatic heterocycles. The molecule has 1 aromatic rings. The van der Waals surface area contributed by atoms with Crippen molar-refractivity contribution >= 4 is 17.8 Å². The van der Waals surface area contributed by atoms with Crippen molar-refractivity contribution in [2.75, 3.05) is 50.8 Å². The van der Waals surface area contributed by atoms with E-state index in [-0.39, 0.29) is 23.5 Å². The van der Waals surface area contributed by atoms with E-state index in [1.165, 1.54) is 0 Å². The molecule has 9 nitrogen and oxygen atoms in total. The largest absolute Gasteiger partial charge is 0.444 e. The number of amides is 2. The number of piperazine rings is 1. The van der Waals surface area contributed by atoms with Gasteiger partial charge in [0, 0.05) is 45.3 Å². The first kappa shape index (κ1) is 26.7. The lowest BCUT2D eigenvalue weighted by Gasteiger charge is -2.37. The Labute approximate surface area is 209 Å². The maximum atomic E-state index is 13.0. The minimum Gasteiger partial charge on any atom is -0.444 e.